The van der Waals surface area contributed by atoms with Crippen LogP contribution < -0.4 is 10.5 Å². The molecule has 1 aliphatic heterocycles. The number of carbonyl (C=O) groups excluding carboxylic acids is 1. The Kier molecular flexibility index (Phi) is 6.54. The lowest BCUT2D eigenvalue weighted by atomic mass is 10.1. The Morgan fingerprint density at radius 1 is 0.935 bits per heavy atom. The zero-order valence-corrected chi connectivity index (χ0v) is 17.9. The van der Waals surface area contributed by atoms with Gasteiger partial charge in [0.15, 0.2) is 5.69 Å². The molecule has 0 unspecified atom stereocenters. The first-order valence-corrected chi connectivity index (χ1v) is 11.0. The fourth-order valence-corrected chi connectivity index (χ4v) is 3.95. The molecule has 8 nitrogen and oxygen atoms in total. The molecule has 0 spiro atoms. The minimum Gasteiger partial charge on any atom is -0.337 e. The molecule has 0 atom stereocenters. The standard InChI is InChI=1S/C23H28N6O2/c1-2-3-4-7-13-29-21(30)19-10-6-5-9-18(19)20(26-29)22(31)27-14-16-28(17-15-27)23-24-11-8-12-25-23/h5-6,8-12H,2-4,7,13-17H2,1H3. The van der Waals surface area contributed by atoms with Crippen LogP contribution in [-0.4, -0.2) is 56.7 Å². The van der Waals surface area contributed by atoms with E-state index in [1.807, 2.05) is 18.2 Å². The molecule has 31 heavy (non-hydrogen) atoms. The van der Waals surface area contributed by atoms with Gasteiger partial charge in [0.2, 0.25) is 5.95 Å². The van der Waals surface area contributed by atoms with Gasteiger partial charge in [0.05, 0.1) is 5.39 Å². The molecule has 0 radical (unpaired) electrons. The minimum absolute atomic E-state index is 0.130. The molecule has 162 valence electrons. The van der Waals surface area contributed by atoms with E-state index in [1.165, 1.54) is 4.68 Å². The zero-order chi connectivity index (χ0) is 21.6. The maximum absolute atomic E-state index is 13.4. The summed E-state index contributed by atoms with van der Waals surface area (Å²) in [6.45, 7) is 5.12. The van der Waals surface area contributed by atoms with Crippen molar-refractivity contribution in [1.82, 2.24) is 24.6 Å². The van der Waals surface area contributed by atoms with Crippen molar-refractivity contribution in [2.75, 3.05) is 31.1 Å². The summed E-state index contributed by atoms with van der Waals surface area (Å²) < 4.78 is 1.47. The van der Waals surface area contributed by atoms with Crippen LogP contribution in [0.15, 0.2) is 47.5 Å². The number of hydrogen-bond acceptors (Lipinski definition) is 6. The molecule has 2 aromatic heterocycles. The summed E-state index contributed by atoms with van der Waals surface area (Å²) in [5.74, 6) is 0.547. The van der Waals surface area contributed by atoms with Gasteiger partial charge in [-0.3, -0.25) is 9.59 Å². The Hall–Kier alpha value is -3.29. The van der Waals surface area contributed by atoms with Crippen molar-refractivity contribution in [3.63, 3.8) is 0 Å². The summed E-state index contributed by atoms with van der Waals surface area (Å²) in [4.78, 5) is 38.8. The van der Waals surface area contributed by atoms with Crippen LogP contribution in [0.3, 0.4) is 0 Å². The van der Waals surface area contributed by atoms with E-state index in [9.17, 15) is 9.59 Å². The molecule has 1 saturated heterocycles. The average Bonchev–Trinajstić information content (AvgIpc) is 2.83. The normalized spacial score (nSPS) is 14.2. The lowest BCUT2D eigenvalue weighted by Gasteiger charge is -2.34. The van der Waals surface area contributed by atoms with Crippen molar-refractivity contribution >= 4 is 22.6 Å². The molecular formula is C23H28N6O2. The van der Waals surface area contributed by atoms with Gasteiger partial charge in [-0.1, -0.05) is 44.4 Å². The topological polar surface area (TPSA) is 84.2 Å². The highest BCUT2D eigenvalue weighted by Gasteiger charge is 2.26. The second kappa shape index (κ2) is 9.68. The molecule has 3 aromatic rings. The zero-order valence-electron chi connectivity index (χ0n) is 17.9. The van der Waals surface area contributed by atoms with Crippen molar-refractivity contribution in [2.24, 2.45) is 0 Å². The molecule has 0 bridgehead atoms. The van der Waals surface area contributed by atoms with Gasteiger partial charge in [0.25, 0.3) is 11.5 Å². The van der Waals surface area contributed by atoms with Crippen molar-refractivity contribution < 1.29 is 4.79 Å². The number of amides is 1. The van der Waals surface area contributed by atoms with Crippen LogP contribution in [0.2, 0.25) is 0 Å². The summed E-state index contributed by atoms with van der Waals surface area (Å²) in [7, 11) is 0. The molecule has 1 aliphatic rings. The highest BCUT2D eigenvalue weighted by molar-refractivity contribution is 6.04. The lowest BCUT2D eigenvalue weighted by Crippen LogP contribution is -2.49. The first-order valence-electron chi connectivity index (χ1n) is 11.0. The fourth-order valence-electron chi connectivity index (χ4n) is 3.95. The predicted octanol–water partition coefficient (Wildman–Crippen LogP) is 2.73. The number of hydrogen-bond donors (Lipinski definition) is 0. The lowest BCUT2D eigenvalue weighted by molar-refractivity contribution is 0.0739. The Morgan fingerprint density at radius 2 is 1.65 bits per heavy atom. The molecule has 1 amide bonds. The number of aryl methyl sites for hydroxylation is 1. The second-order valence-electron chi connectivity index (χ2n) is 7.81. The summed E-state index contributed by atoms with van der Waals surface area (Å²) in [5, 5.41) is 5.70. The number of nitrogens with zero attached hydrogens (tertiary/aromatic N) is 6. The van der Waals surface area contributed by atoms with E-state index in [1.54, 1.807) is 29.4 Å². The van der Waals surface area contributed by atoms with E-state index in [2.05, 4.69) is 26.9 Å². The van der Waals surface area contributed by atoms with E-state index < -0.39 is 0 Å². The van der Waals surface area contributed by atoms with Crippen LogP contribution >= 0.6 is 0 Å². The van der Waals surface area contributed by atoms with Crippen LogP contribution in [0.25, 0.3) is 10.8 Å². The third-order valence-corrected chi connectivity index (χ3v) is 5.70. The summed E-state index contributed by atoms with van der Waals surface area (Å²) >= 11 is 0. The highest BCUT2D eigenvalue weighted by Crippen LogP contribution is 2.18. The van der Waals surface area contributed by atoms with E-state index in [0.717, 1.165) is 25.7 Å². The number of aromatic nitrogens is 4. The van der Waals surface area contributed by atoms with Gasteiger partial charge in [-0.25, -0.2) is 14.6 Å². The monoisotopic (exact) mass is 420 g/mol. The van der Waals surface area contributed by atoms with Crippen molar-refractivity contribution in [2.45, 2.75) is 39.2 Å². The summed E-state index contributed by atoms with van der Waals surface area (Å²) in [6.07, 6.45) is 7.62. The van der Waals surface area contributed by atoms with Crippen molar-refractivity contribution in [3.05, 3.63) is 58.8 Å². The number of unbranched alkanes of at least 4 members (excludes halogenated alkanes) is 3. The molecule has 3 heterocycles. The van der Waals surface area contributed by atoms with Crippen LogP contribution in [0.4, 0.5) is 5.95 Å². The van der Waals surface area contributed by atoms with Crippen LogP contribution in [0, 0.1) is 0 Å². The number of rotatable bonds is 7. The van der Waals surface area contributed by atoms with Gasteiger partial charge in [-0.2, -0.15) is 5.10 Å². The van der Waals surface area contributed by atoms with Gasteiger partial charge < -0.3 is 9.80 Å². The minimum atomic E-state index is -0.132. The maximum Gasteiger partial charge on any atom is 0.275 e. The van der Waals surface area contributed by atoms with Gasteiger partial charge in [0.1, 0.15) is 0 Å². The molecule has 1 fully saturated rings. The molecular weight excluding hydrogens is 392 g/mol. The van der Waals surface area contributed by atoms with Crippen LogP contribution in [0.1, 0.15) is 43.1 Å². The fraction of sp³-hybridized carbons (Fsp3) is 0.435. The molecule has 8 heteroatoms. The third kappa shape index (κ3) is 4.57. The number of piperazine rings is 1. The second-order valence-corrected chi connectivity index (χ2v) is 7.81. The maximum atomic E-state index is 13.4. The SMILES string of the molecule is CCCCCCn1nc(C(=O)N2CCN(c3ncccn3)CC2)c2ccccc2c1=O. The molecule has 0 aliphatic carbocycles. The van der Waals surface area contributed by atoms with E-state index in [-0.39, 0.29) is 11.5 Å². The number of fused-ring (bicyclic) bond motifs is 1. The third-order valence-electron chi connectivity index (χ3n) is 5.70. The smallest absolute Gasteiger partial charge is 0.275 e. The van der Waals surface area contributed by atoms with Gasteiger partial charge >= 0.3 is 0 Å². The Labute approximate surface area is 181 Å². The van der Waals surface area contributed by atoms with Crippen molar-refractivity contribution in [3.8, 4) is 0 Å². The summed E-state index contributed by atoms with van der Waals surface area (Å²) in [5.41, 5.74) is 0.227. The largest absolute Gasteiger partial charge is 0.337 e. The Morgan fingerprint density at radius 3 is 2.35 bits per heavy atom. The predicted molar refractivity (Wildman–Crippen MR) is 120 cm³/mol. The van der Waals surface area contributed by atoms with Crippen LogP contribution in [0.5, 0.6) is 0 Å². The molecule has 0 saturated carbocycles. The number of carbonyl (C=O) groups is 1. The van der Waals surface area contributed by atoms with Crippen molar-refractivity contribution in [1.29, 1.82) is 0 Å². The Balaban J connectivity index is 1.56. The van der Waals surface area contributed by atoms with Crippen LogP contribution in [-0.2, 0) is 6.54 Å². The van der Waals surface area contributed by atoms with Gasteiger partial charge in [-0.15, -0.1) is 0 Å². The highest BCUT2D eigenvalue weighted by atomic mass is 16.2. The van der Waals surface area contributed by atoms with E-state index in [0.29, 0.717) is 55.1 Å². The Bertz CT molecular complexity index is 1090. The average molecular weight is 421 g/mol. The number of benzene rings is 1. The molecule has 1 aromatic carbocycles. The van der Waals surface area contributed by atoms with E-state index in [4.69, 9.17) is 0 Å². The van der Waals surface area contributed by atoms with Gasteiger partial charge in [-0.05, 0) is 18.6 Å². The quantitative estimate of drug-likeness (QED) is 0.547. The molecule has 0 N–H and O–H groups in total. The first kappa shape index (κ1) is 21.0. The number of anilines is 1. The molecule has 4 rings (SSSR count). The van der Waals surface area contributed by atoms with Gasteiger partial charge in [0, 0.05) is 50.5 Å². The van der Waals surface area contributed by atoms with E-state index >= 15 is 0 Å². The first-order chi connectivity index (χ1) is 15.2. The summed E-state index contributed by atoms with van der Waals surface area (Å²) in [6, 6.07) is 9.06.